The van der Waals surface area contributed by atoms with Gasteiger partial charge in [0.25, 0.3) is 5.91 Å². The molecule has 12 N–H and O–H groups in total. The Bertz CT molecular complexity index is 3260. The molecular formula is C67H81N5O18. The van der Waals surface area contributed by atoms with Crippen molar-refractivity contribution in [2.24, 2.45) is 27.4 Å². The minimum Gasteiger partial charge on any atom is -0.483 e. The van der Waals surface area contributed by atoms with Crippen molar-refractivity contribution in [2.75, 3.05) is 32.9 Å². The lowest BCUT2D eigenvalue weighted by Gasteiger charge is -2.71. The maximum Gasteiger partial charge on any atom is 0.271 e. The van der Waals surface area contributed by atoms with Crippen molar-refractivity contribution < 1.29 is 74.6 Å². The third kappa shape index (κ3) is 15.4. The van der Waals surface area contributed by atoms with E-state index in [2.05, 4.69) is 5.32 Å². The monoisotopic (exact) mass is 1240 g/mol. The van der Waals surface area contributed by atoms with Gasteiger partial charge < -0.3 is 84.9 Å². The van der Waals surface area contributed by atoms with E-state index >= 15 is 14.4 Å². The van der Waals surface area contributed by atoms with Gasteiger partial charge in [0.15, 0.2) is 34.5 Å². The van der Waals surface area contributed by atoms with Crippen molar-refractivity contribution in [1.82, 2.24) is 19.0 Å². The summed E-state index contributed by atoms with van der Waals surface area (Å²) < 4.78 is 22.4. The molecule has 10 rings (SSSR count). The molecule has 10 atom stereocenters. The summed E-state index contributed by atoms with van der Waals surface area (Å²) in [5.41, 5.74) is 3.47. The largest absolute Gasteiger partial charge is 0.483 e. The second kappa shape index (κ2) is 29.1. The number of aliphatic hydroxyl groups excluding tert-OH is 9. The van der Waals surface area contributed by atoms with E-state index in [0.29, 0.717) is 55.2 Å². The number of carbonyl (C=O) groups excluding carboxylic acids is 3. The van der Waals surface area contributed by atoms with E-state index in [1.54, 1.807) is 78.9 Å². The summed E-state index contributed by atoms with van der Waals surface area (Å²) in [5.74, 6) is -2.77. The van der Waals surface area contributed by atoms with Crippen LogP contribution in [0.3, 0.4) is 0 Å². The molecule has 4 fully saturated rings. The molecule has 3 heterocycles. The minimum atomic E-state index is -1.61. The van der Waals surface area contributed by atoms with Crippen molar-refractivity contribution in [1.29, 1.82) is 0 Å². The van der Waals surface area contributed by atoms with Crippen molar-refractivity contribution >= 4 is 17.5 Å². The van der Waals surface area contributed by atoms with Crippen LogP contribution in [0.15, 0.2) is 142 Å². The van der Waals surface area contributed by atoms with E-state index in [9.17, 15) is 60.3 Å². The molecule has 0 saturated heterocycles. The Hall–Kier alpha value is -7.68. The van der Waals surface area contributed by atoms with E-state index in [1.165, 1.54) is 44.4 Å². The Morgan fingerprint density at radius 3 is 1.10 bits per heavy atom. The number of nitrogens with two attached hydrogens (primary N) is 1. The number of ketones is 2. The summed E-state index contributed by atoms with van der Waals surface area (Å²) in [7, 11) is 0. The van der Waals surface area contributed by atoms with Crippen LogP contribution < -0.4 is 41.5 Å². The number of aromatic nitrogens is 3. The molecule has 4 saturated carbocycles. The number of hydrogen-bond acceptors (Lipinski definition) is 19. The number of aliphatic hydroxyl groups is 9. The number of nitrogens with zero attached hydrogens (tertiary/aromatic N) is 3. The van der Waals surface area contributed by atoms with Gasteiger partial charge in [0.1, 0.15) is 49.5 Å². The topological polar surface area (TPSA) is 365 Å². The number of rotatable bonds is 33. The highest BCUT2D eigenvalue weighted by Gasteiger charge is 2.67. The van der Waals surface area contributed by atoms with Crippen LogP contribution in [-0.4, -0.2) is 147 Å². The van der Waals surface area contributed by atoms with Crippen molar-refractivity contribution in [2.45, 2.75) is 140 Å². The zero-order valence-corrected chi connectivity index (χ0v) is 50.1. The molecule has 23 nitrogen and oxygen atoms in total. The molecule has 23 heteroatoms. The van der Waals surface area contributed by atoms with Crippen LogP contribution in [0.5, 0.6) is 17.2 Å². The summed E-state index contributed by atoms with van der Waals surface area (Å²) in [4.78, 5) is 87.0. The number of amides is 1. The number of pyridine rings is 3. The molecule has 0 spiro atoms. The molecular weight excluding hydrogens is 1160 g/mol. The SMILES string of the molecule is NCC12CC3(CNC(=O)c4c(OCc5ccccc5)c(=O)ccn4CC(O)C(O)CO)C[C@](CCC(=O)c4c(OCc5ccccc5)c(=O)ccn4CC(O)C(O)CO)(C1)C[C@](CCC(=O)c1c(OCc4ccccc4)c(=O)ccn1CC(O)C(O)CO)(C2)C3. The number of ether oxygens (including phenoxy) is 3. The van der Waals surface area contributed by atoms with E-state index in [1.807, 2.05) is 12.1 Å². The summed E-state index contributed by atoms with van der Waals surface area (Å²) in [6.07, 6.45) is -2.87. The maximum absolute atomic E-state index is 15.2. The highest BCUT2D eigenvalue weighted by Crippen LogP contribution is 2.75. The lowest BCUT2D eigenvalue weighted by atomic mass is 9.34. The summed E-state index contributed by atoms with van der Waals surface area (Å²) >= 11 is 0. The number of hydrogen-bond donors (Lipinski definition) is 11. The van der Waals surface area contributed by atoms with Crippen molar-refractivity contribution in [3.05, 3.63) is 192 Å². The van der Waals surface area contributed by atoms with Crippen LogP contribution in [0.2, 0.25) is 0 Å². The minimum absolute atomic E-state index is 0.0381. The van der Waals surface area contributed by atoms with Crippen molar-refractivity contribution in [3.63, 3.8) is 0 Å². The highest BCUT2D eigenvalue weighted by molar-refractivity contribution is 5.98. The fourth-order valence-corrected chi connectivity index (χ4v) is 14.7. The lowest BCUT2D eigenvalue weighted by molar-refractivity contribution is -0.200. The normalized spacial score (nSPS) is 22.0. The first-order valence-electron chi connectivity index (χ1n) is 30.3. The van der Waals surface area contributed by atoms with E-state index in [-0.39, 0.29) is 92.9 Å². The van der Waals surface area contributed by atoms with Crippen LogP contribution in [0, 0.1) is 21.7 Å². The molecule has 3 aromatic heterocycles. The molecule has 6 aromatic rings. The average molecular weight is 1240 g/mol. The van der Waals surface area contributed by atoms with E-state index < -0.39 is 131 Å². The lowest BCUT2D eigenvalue weighted by Crippen LogP contribution is -2.65. The predicted molar refractivity (Wildman–Crippen MR) is 328 cm³/mol. The van der Waals surface area contributed by atoms with Gasteiger partial charge in [-0.1, -0.05) is 91.0 Å². The standard InChI is InChI=1S/C67H81N5O18/c68-41-66-36-64(21-16-46(76)57-60(88-32-43-10-4-1-5-11-43)48(78)18-23-70(57)26-51(81)54(84)29-73)35-65(37-66,22-17-47(77)58-61(89-33-44-12-6-2-7-13-44)49(79)19-24-71(58)27-52(82)55(85)30-74)39-67(38-64,40-66)42-69-63(87)59-62(90-34-45-14-8-3-9-15-45)50(80)20-25-72(59)28-53(83)56(86)31-75/h1-15,18-20,23-25,51-56,73-75,81-86H,16-17,21-22,26-42,68H2,(H,69,87)/t51?,52?,53?,54?,55?,56?,64-,65+,66?,67?. The van der Waals surface area contributed by atoms with Crippen molar-refractivity contribution in [3.8, 4) is 17.2 Å². The van der Waals surface area contributed by atoms with Crippen LogP contribution >= 0.6 is 0 Å². The Kier molecular flexibility index (Phi) is 21.6. The zero-order valence-electron chi connectivity index (χ0n) is 50.1. The quantitative estimate of drug-likeness (QED) is 0.0264. The summed E-state index contributed by atoms with van der Waals surface area (Å²) in [6.45, 7) is -3.84. The van der Waals surface area contributed by atoms with Crippen LogP contribution in [-0.2, 0) is 39.5 Å². The molecule has 8 unspecified atom stereocenters. The first-order chi connectivity index (χ1) is 43.2. The van der Waals surface area contributed by atoms with Crippen LogP contribution in [0.1, 0.15) is 112 Å². The molecule has 3 aromatic carbocycles. The Balaban J connectivity index is 1.10. The van der Waals surface area contributed by atoms with Crippen LogP contribution in [0.25, 0.3) is 0 Å². The number of nitrogens with one attached hydrogen (secondary N) is 1. The smallest absolute Gasteiger partial charge is 0.271 e. The fourth-order valence-electron chi connectivity index (χ4n) is 14.7. The number of carbonyl (C=O) groups is 3. The summed E-state index contributed by atoms with van der Waals surface area (Å²) in [6, 6.07) is 30.3. The number of Topliss-reactive ketones (excluding diaryl/α,β-unsaturated/α-hetero) is 2. The molecule has 0 radical (unpaired) electrons. The molecule has 1 amide bonds. The van der Waals surface area contributed by atoms with Gasteiger partial charge in [0.2, 0.25) is 16.3 Å². The Morgan fingerprint density at radius 2 is 0.756 bits per heavy atom. The van der Waals surface area contributed by atoms with Gasteiger partial charge in [-0.15, -0.1) is 0 Å². The first-order valence-corrected chi connectivity index (χ1v) is 30.3. The van der Waals surface area contributed by atoms with Gasteiger partial charge in [0, 0.05) is 56.2 Å². The average Bonchev–Trinajstić information content (AvgIpc) is 0.690. The fraction of sp³-hybridized carbons (Fsp3) is 0.463. The summed E-state index contributed by atoms with van der Waals surface area (Å²) in [5, 5.41) is 96.8. The number of benzene rings is 3. The van der Waals surface area contributed by atoms with E-state index in [4.69, 9.17) is 19.9 Å². The maximum atomic E-state index is 15.2. The highest BCUT2D eigenvalue weighted by atomic mass is 16.5. The first kappa shape index (κ1) is 66.7. The predicted octanol–water partition coefficient (Wildman–Crippen LogP) is 2.39. The Morgan fingerprint density at radius 1 is 0.444 bits per heavy atom. The van der Waals surface area contributed by atoms with E-state index in [0.717, 1.165) is 6.07 Å². The molecule has 482 valence electrons. The second-order valence-electron chi connectivity index (χ2n) is 25.1. The Labute approximate surface area is 519 Å². The molecule has 0 aliphatic heterocycles. The molecule has 4 bridgehead atoms. The van der Waals surface area contributed by atoms with Gasteiger partial charge in [0.05, 0.1) is 57.8 Å². The van der Waals surface area contributed by atoms with Gasteiger partial charge in [-0.2, -0.15) is 0 Å². The second-order valence-corrected chi connectivity index (χ2v) is 25.1. The molecule has 90 heavy (non-hydrogen) atoms. The third-order valence-corrected chi connectivity index (χ3v) is 18.2. The van der Waals surface area contributed by atoms with Crippen LogP contribution in [0.4, 0.5) is 0 Å². The van der Waals surface area contributed by atoms with Gasteiger partial charge in [-0.25, -0.2) is 0 Å². The van der Waals surface area contributed by atoms with Gasteiger partial charge in [-0.3, -0.25) is 28.8 Å². The zero-order chi connectivity index (χ0) is 64.4. The van der Waals surface area contributed by atoms with Gasteiger partial charge >= 0.3 is 0 Å². The van der Waals surface area contributed by atoms with Gasteiger partial charge in [-0.05, 0) is 96.3 Å². The third-order valence-electron chi connectivity index (χ3n) is 18.2. The molecule has 4 aliphatic carbocycles. The molecule has 4 aliphatic rings.